The lowest BCUT2D eigenvalue weighted by molar-refractivity contribution is -0.160. The molecule has 20 heavy (non-hydrogen) atoms. The van der Waals surface area contributed by atoms with Crippen molar-refractivity contribution >= 4 is 12.0 Å². The van der Waals surface area contributed by atoms with Gasteiger partial charge in [-0.05, 0) is 20.8 Å². The van der Waals surface area contributed by atoms with Crippen LogP contribution in [-0.2, 0) is 9.53 Å². The van der Waals surface area contributed by atoms with E-state index in [4.69, 9.17) is 15.1 Å². The van der Waals surface area contributed by atoms with E-state index in [0.29, 0.717) is 26.1 Å². The van der Waals surface area contributed by atoms with E-state index in [1.807, 2.05) is 19.9 Å². The molecule has 1 N–H and O–H groups in total. The number of likely N-dealkylation sites (tertiary alicyclic amines) is 1. The minimum Gasteiger partial charge on any atom is -0.480 e. The van der Waals surface area contributed by atoms with E-state index >= 15 is 0 Å². The monoisotopic (exact) mass is 283 g/mol. The Morgan fingerprint density at radius 1 is 1.50 bits per heavy atom. The number of aliphatic carboxylic acids is 1. The van der Waals surface area contributed by atoms with Gasteiger partial charge in [-0.25, -0.2) is 9.59 Å². The standard InChI is InChI=1S/C13H21N3O4/c1-10(2)16(6-4-5-14)12(19)15-8-13(3,9-15)20-7-11(17)18/h10H,4,6-9H2,1-3H3,(H,17,18). The molecule has 0 atom stereocenters. The van der Waals surface area contributed by atoms with E-state index < -0.39 is 11.6 Å². The van der Waals surface area contributed by atoms with E-state index in [2.05, 4.69) is 0 Å². The molecular formula is C13H21N3O4. The van der Waals surface area contributed by atoms with E-state index in [1.165, 1.54) is 0 Å². The number of carbonyl (C=O) groups is 2. The molecule has 1 heterocycles. The molecule has 1 aliphatic heterocycles. The summed E-state index contributed by atoms with van der Waals surface area (Å²) in [5.41, 5.74) is -0.591. The highest BCUT2D eigenvalue weighted by molar-refractivity contribution is 5.76. The summed E-state index contributed by atoms with van der Waals surface area (Å²) in [5, 5.41) is 17.2. The Balaban J connectivity index is 2.50. The SMILES string of the molecule is CC(C)N(CCC#N)C(=O)N1CC(C)(OCC(=O)O)C1. The summed E-state index contributed by atoms with van der Waals surface area (Å²) < 4.78 is 5.26. The summed E-state index contributed by atoms with van der Waals surface area (Å²) >= 11 is 0. The maximum Gasteiger partial charge on any atom is 0.329 e. The number of hydrogen-bond acceptors (Lipinski definition) is 4. The van der Waals surface area contributed by atoms with Crippen LogP contribution in [0.4, 0.5) is 4.79 Å². The molecule has 0 aromatic heterocycles. The molecule has 0 bridgehead atoms. The van der Waals surface area contributed by atoms with Crippen molar-refractivity contribution in [3.8, 4) is 6.07 Å². The fraction of sp³-hybridized carbons (Fsp3) is 0.769. The average molecular weight is 283 g/mol. The molecule has 1 rings (SSSR count). The number of hydrogen-bond donors (Lipinski definition) is 1. The Labute approximate surface area is 118 Å². The first-order chi connectivity index (χ1) is 9.29. The summed E-state index contributed by atoms with van der Waals surface area (Å²) in [6, 6.07) is 1.91. The van der Waals surface area contributed by atoms with Crippen molar-refractivity contribution in [2.24, 2.45) is 0 Å². The van der Waals surface area contributed by atoms with Gasteiger partial charge in [-0.3, -0.25) is 0 Å². The van der Waals surface area contributed by atoms with Crippen LogP contribution in [0.1, 0.15) is 27.2 Å². The van der Waals surface area contributed by atoms with Gasteiger partial charge in [-0.1, -0.05) is 0 Å². The first-order valence-electron chi connectivity index (χ1n) is 6.57. The molecule has 0 aromatic carbocycles. The highest BCUT2D eigenvalue weighted by atomic mass is 16.5. The van der Waals surface area contributed by atoms with E-state index in [0.717, 1.165) is 0 Å². The second-order valence-electron chi connectivity index (χ2n) is 5.47. The number of rotatable bonds is 6. The molecule has 0 unspecified atom stereocenters. The van der Waals surface area contributed by atoms with Crippen LogP contribution in [0, 0.1) is 11.3 Å². The molecule has 0 saturated carbocycles. The molecule has 1 aliphatic rings. The Kier molecular flexibility index (Phi) is 5.34. The van der Waals surface area contributed by atoms with Gasteiger partial charge in [0.15, 0.2) is 0 Å². The first kappa shape index (κ1) is 16.2. The predicted octanol–water partition coefficient (Wildman–Crippen LogP) is 0.906. The van der Waals surface area contributed by atoms with Crippen molar-refractivity contribution in [3.05, 3.63) is 0 Å². The molecule has 0 radical (unpaired) electrons. The second-order valence-corrected chi connectivity index (χ2v) is 5.47. The number of nitriles is 1. The van der Waals surface area contributed by atoms with Crippen molar-refractivity contribution in [2.75, 3.05) is 26.2 Å². The Morgan fingerprint density at radius 3 is 2.55 bits per heavy atom. The maximum absolute atomic E-state index is 12.3. The minimum absolute atomic E-state index is 0.0163. The number of nitrogens with zero attached hydrogens (tertiary/aromatic N) is 3. The van der Waals surface area contributed by atoms with Crippen molar-refractivity contribution in [1.29, 1.82) is 5.26 Å². The molecule has 0 aromatic rings. The quantitative estimate of drug-likeness (QED) is 0.781. The molecular weight excluding hydrogens is 262 g/mol. The van der Waals surface area contributed by atoms with E-state index in [1.54, 1.807) is 16.7 Å². The van der Waals surface area contributed by atoms with Crippen LogP contribution in [0.5, 0.6) is 0 Å². The predicted molar refractivity (Wildman–Crippen MR) is 71.0 cm³/mol. The van der Waals surface area contributed by atoms with Gasteiger partial charge in [0.05, 0.1) is 25.6 Å². The zero-order valence-electron chi connectivity index (χ0n) is 12.1. The van der Waals surface area contributed by atoms with Crippen molar-refractivity contribution in [1.82, 2.24) is 9.80 Å². The third-order valence-corrected chi connectivity index (χ3v) is 3.20. The number of carbonyl (C=O) groups excluding carboxylic acids is 1. The largest absolute Gasteiger partial charge is 0.480 e. The normalized spacial score (nSPS) is 16.4. The molecule has 7 heteroatoms. The van der Waals surface area contributed by atoms with Crippen LogP contribution < -0.4 is 0 Å². The van der Waals surface area contributed by atoms with Crippen LogP contribution in [0.15, 0.2) is 0 Å². The smallest absolute Gasteiger partial charge is 0.329 e. The number of amides is 2. The lowest BCUT2D eigenvalue weighted by Crippen LogP contribution is -2.66. The lowest BCUT2D eigenvalue weighted by Gasteiger charge is -2.49. The summed E-state index contributed by atoms with van der Waals surface area (Å²) in [6.45, 7) is 6.36. The molecule has 7 nitrogen and oxygen atoms in total. The summed E-state index contributed by atoms with van der Waals surface area (Å²) in [5.74, 6) is -1.02. The van der Waals surface area contributed by atoms with Gasteiger partial charge in [0.2, 0.25) is 0 Å². The van der Waals surface area contributed by atoms with Gasteiger partial charge in [-0.2, -0.15) is 5.26 Å². The summed E-state index contributed by atoms with van der Waals surface area (Å²) in [7, 11) is 0. The summed E-state index contributed by atoms with van der Waals surface area (Å²) in [4.78, 5) is 26.0. The number of urea groups is 1. The van der Waals surface area contributed by atoms with Crippen molar-refractivity contribution < 1.29 is 19.4 Å². The lowest BCUT2D eigenvalue weighted by atomic mass is 9.97. The molecule has 112 valence electrons. The van der Waals surface area contributed by atoms with Crippen LogP contribution in [0.2, 0.25) is 0 Å². The van der Waals surface area contributed by atoms with Gasteiger partial charge < -0.3 is 19.6 Å². The summed E-state index contributed by atoms with van der Waals surface area (Å²) in [6.07, 6.45) is 0.296. The van der Waals surface area contributed by atoms with Crippen LogP contribution in [-0.4, -0.2) is 64.8 Å². The van der Waals surface area contributed by atoms with Crippen LogP contribution in [0.3, 0.4) is 0 Å². The third kappa shape index (κ3) is 4.10. The minimum atomic E-state index is -1.02. The van der Waals surface area contributed by atoms with E-state index in [-0.39, 0.29) is 18.7 Å². The third-order valence-electron chi connectivity index (χ3n) is 3.20. The fourth-order valence-electron chi connectivity index (χ4n) is 2.15. The topological polar surface area (TPSA) is 93.9 Å². The Hall–Kier alpha value is -1.81. The molecule has 1 saturated heterocycles. The number of ether oxygens (including phenoxy) is 1. The van der Waals surface area contributed by atoms with Gasteiger partial charge in [0, 0.05) is 12.6 Å². The fourth-order valence-corrected chi connectivity index (χ4v) is 2.15. The van der Waals surface area contributed by atoms with Crippen molar-refractivity contribution in [2.45, 2.75) is 38.8 Å². The highest BCUT2D eigenvalue weighted by Gasteiger charge is 2.44. The zero-order valence-corrected chi connectivity index (χ0v) is 12.1. The first-order valence-corrected chi connectivity index (χ1v) is 6.57. The Bertz CT molecular complexity index is 410. The maximum atomic E-state index is 12.3. The molecule has 0 aliphatic carbocycles. The molecule has 0 spiro atoms. The van der Waals surface area contributed by atoms with Gasteiger partial charge in [-0.15, -0.1) is 0 Å². The second kappa shape index (κ2) is 6.57. The van der Waals surface area contributed by atoms with Crippen LogP contribution in [0.25, 0.3) is 0 Å². The molecule has 2 amide bonds. The average Bonchev–Trinajstić information content (AvgIpc) is 2.32. The van der Waals surface area contributed by atoms with Gasteiger partial charge in [0.1, 0.15) is 12.2 Å². The zero-order chi connectivity index (χ0) is 15.3. The molecule has 1 fully saturated rings. The number of carboxylic acids is 1. The Morgan fingerprint density at radius 2 is 2.10 bits per heavy atom. The van der Waals surface area contributed by atoms with Gasteiger partial charge in [0.25, 0.3) is 0 Å². The van der Waals surface area contributed by atoms with Gasteiger partial charge >= 0.3 is 12.0 Å². The van der Waals surface area contributed by atoms with Crippen molar-refractivity contribution in [3.63, 3.8) is 0 Å². The van der Waals surface area contributed by atoms with Crippen LogP contribution >= 0.6 is 0 Å². The highest BCUT2D eigenvalue weighted by Crippen LogP contribution is 2.26. The van der Waals surface area contributed by atoms with E-state index in [9.17, 15) is 9.59 Å². The number of carboxylic acid groups (broad SMARTS) is 1.